The van der Waals surface area contributed by atoms with Crippen molar-refractivity contribution in [1.82, 2.24) is 0 Å². The fourth-order valence-electron chi connectivity index (χ4n) is 1.41. The molecule has 0 aliphatic heterocycles. The van der Waals surface area contributed by atoms with Crippen molar-refractivity contribution in [2.24, 2.45) is 0 Å². The zero-order chi connectivity index (χ0) is 12.4. The molecule has 16 heavy (non-hydrogen) atoms. The molecule has 0 saturated carbocycles. The van der Waals surface area contributed by atoms with E-state index in [-0.39, 0.29) is 0 Å². The van der Waals surface area contributed by atoms with E-state index >= 15 is 0 Å². The van der Waals surface area contributed by atoms with E-state index in [0.717, 1.165) is 0 Å². The van der Waals surface area contributed by atoms with Crippen LogP contribution in [0.2, 0.25) is 12.1 Å². The summed E-state index contributed by atoms with van der Waals surface area (Å²) < 4.78 is 0. The Hall–Kier alpha value is -0.506. The Morgan fingerprint density at radius 2 is 1.00 bits per heavy atom. The summed E-state index contributed by atoms with van der Waals surface area (Å²) in [7, 11) is -6.59. The van der Waals surface area contributed by atoms with Gasteiger partial charge in [0, 0.05) is 0 Å². The molecule has 4 N–H and O–H groups in total. The Kier molecular flexibility index (Phi) is 4.05. The first kappa shape index (κ1) is 13.6. The summed E-state index contributed by atoms with van der Waals surface area (Å²) in [6, 6.07) is 6.95. The molecule has 0 aliphatic rings. The average molecular weight is 258 g/mol. The molecule has 1 aromatic carbocycles. The normalized spacial score (nSPS) is 12.9. The van der Waals surface area contributed by atoms with Crippen molar-refractivity contribution in [3.63, 3.8) is 0 Å². The zero-order valence-electron chi connectivity index (χ0n) is 9.51. The maximum absolute atomic E-state index is 9.73. The van der Waals surface area contributed by atoms with Crippen molar-refractivity contribution in [3.05, 3.63) is 24.3 Å². The number of hydrogen-bond donors (Lipinski definition) is 4. The van der Waals surface area contributed by atoms with Gasteiger partial charge in [0.15, 0.2) is 0 Å². The highest BCUT2D eigenvalue weighted by molar-refractivity contribution is 6.80. The minimum absolute atomic E-state index is 0.320. The second kappa shape index (κ2) is 4.78. The van der Waals surface area contributed by atoms with Gasteiger partial charge in [-0.1, -0.05) is 38.1 Å². The SMILES string of the molecule is CC[Si](O)(O)c1ccc([Si](O)(O)CC)cc1. The van der Waals surface area contributed by atoms with Crippen LogP contribution in [0.15, 0.2) is 24.3 Å². The predicted molar refractivity (Wildman–Crippen MR) is 67.1 cm³/mol. The monoisotopic (exact) mass is 258 g/mol. The van der Waals surface area contributed by atoms with Crippen LogP contribution in [0.25, 0.3) is 0 Å². The average Bonchev–Trinajstić information content (AvgIpc) is 2.29. The molecule has 0 fully saturated rings. The highest BCUT2D eigenvalue weighted by Crippen LogP contribution is 2.04. The van der Waals surface area contributed by atoms with Crippen LogP contribution in [-0.4, -0.2) is 36.3 Å². The fourth-order valence-corrected chi connectivity index (χ4v) is 3.63. The maximum Gasteiger partial charge on any atom is 0.366 e. The first-order valence-corrected chi connectivity index (χ1v) is 9.54. The van der Waals surface area contributed by atoms with E-state index in [9.17, 15) is 19.2 Å². The summed E-state index contributed by atoms with van der Waals surface area (Å²) in [6.45, 7) is 3.45. The van der Waals surface area contributed by atoms with Gasteiger partial charge in [0.05, 0.1) is 0 Å². The molecule has 0 saturated heterocycles. The van der Waals surface area contributed by atoms with E-state index in [2.05, 4.69) is 0 Å². The molecular weight excluding hydrogens is 240 g/mol. The Balaban J connectivity index is 3.00. The quantitative estimate of drug-likeness (QED) is 0.522. The summed E-state index contributed by atoms with van der Waals surface area (Å²) in [5, 5.41) is 0.999. The molecule has 0 atom stereocenters. The molecule has 6 heteroatoms. The van der Waals surface area contributed by atoms with Gasteiger partial charge in [-0.2, -0.15) is 0 Å². The summed E-state index contributed by atoms with van der Waals surface area (Å²) in [5.41, 5.74) is 0. The third-order valence-electron chi connectivity index (χ3n) is 2.80. The molecule has 0 bridgehead atoms. The van der Waals surface area contributed by atoms with Gasteiger partial charge < -0.3 is 19.2 Å². The first-order chi connectivity index (χ1) is 7.33. The smallest absolute Gasteiger partial charge is 0.366 e. The van der Waals surface area contributed by atoms with E-state index in [4.69, 9.17) is 0 Å². The summed E-state index contributed by atoms with van der Waals surface area (Å²) in [6.07, 6.45) is 0. The third-order valence-corrected chi connectivity index (χ3v) is 7.28. The van der Waals surface area contributed by atoms with E-state index in [1.54, 1.807) is 38.1 Å². The highest BCUT2D eigenvalue weighted by Gasteiger charge is 2.32. The Bertz CT molecular complexity index is 313. The number of rotatable bonds is 4. The molecule has 0 radical (unpaired) electrons. The van der Waals surface area contributed by atoms with Crippen molar-refractivity contribution in [1.29, 1.82) is 0 Å². The van der Waals surface area contributed by atoms with Crippen LogP contribution >= 0.6 is 0 Å². The van der Waals surface area contributed by atoms with Crippen molar-refractivity contribution in [2.75, 3.05) is 0 Å². The molecule has 1 aromatic rings. The maximum atomic E-state index is 9.73. The lowest BCUT2D eigenvalue weighted by atomic mass is 10.4. The lowest BCUT2D eigenvalue weighted by molar-refractivity contribution is 0.380. The second-order valence-corrected chi connectivity index (χ2v) is 9.75. The Labute approximate surface area is 97.3 Å². The van der Waals surface area contributed by atoms with Crippen LogP contribution in [-0.2, 0) is 0 Å². The van der Waals surface area contributed by atoms with E-state index in [1.807, 2.05) is 0 Å². The minimum atomic E-state index is -3.29. The van der Waals surface area contributed by atoms with E-state index in [0.29, 0.717) is 22.5 Å². The fraction of sp³-hybridized carbons (Fsp3) is 0.400. The highest BCUT2D eigenvalue weighted by atomic mass is 28.4. The number of benzene rings is 1. The predicted octanol–water partition coefficient (Wildman–Crippen LogP) is -1.01. The van der Waals surface area contributed by atoms with Crippen LogP contribution in [0, 0.1) is 0 Å². The van der Waals surface area contributed by atoms with Crippen LogP contribution in [0.3, 0.4) is 0 Å². The third kappa shape index (κ3) is 2.79. The van der Waals surface area contributed by atoms with Gasteiger partial charge in [0.25, 0.3) is 0 Å². The topological polar surface area (TPSA) is 80.9 Å². The van der Waals surface area contributed by atoms with Gasteiger partial charge >= 0.3 is 17.1 Å². The second-order valence-electron chi connectivity index (χ2n) is 3.92. The Morgan fingerprint density at radius 1 is 0.750 bits per heavy atom. The Morgan fingerprint density at radius 3 is 1.19 bits per heavy atom. The number of hydrogen-bond acceptors (Lipinski definition) is 4. The van der Waals surface area contributed by atoms with E-state index < -0.39 is 17.1 Å². The molecule has 0 heterocycles. The van der Waals surface area contributed by atoms with Crippen LogP contribution < -0.4 is 10.4 Å². The van der Waals surface area contributed by atoms with Gasteiger partial charge in [-0.05, 0) is 22.5 Å². The molecule has 0 unspecified atom stereocenters. The largest absolute Gasteiger partial charge is 0.407 e. The molecule has 4 nitrogen and oxygen atoms in total. The summed E-state index contributed by atoms with van der Waals surface area (Å²) >= 11 is 0. The molecule has 1 rings (SSSR count). The lowest BCUT2D eigenvalue weighted by Crippen LogP contribution is -2.51. The molecule has 0 spiro atoms. The van der Waals surface area contributed by atoms with Crippen LogP contribution in [0.5, 0.6) is 0 Å². The lowest BCUT2D eigenvalue weighted by Gasteiger charge is -2.19. The first-order valence-electron chi connectivity index (χ1n) is 5.34. The van der Waals surface area contributed by atoms with Crippen molar-refractivity contribution in [2.45, 2.75) is 25.9 Å². The summed E-state index contributed by atoms with van der Waals surface area (Å²) in [4.78, 5) is 38.9. The molecular formula is C10H18O4Si2. The van der Waals surface area contributed by atoms with Gasteiger partial charge in [0.1, 0.15) is 0 Å². The van der Waals surface area contributed by atoms with Crippen molar-refractivity contribution < 1.29 is 19.2 Å². The molecule has 0 amide bonds. The van der Waals surface area contributed by atoms with Crippen molar-refractivity contribution >= 4 is 27.5 Å². The van der Waals surface area contributed by atoms with Crippen molar-refractivity contribution in [3.8, 4) is 0 Å². The summed E-state index contributed by atoms with van der Waals surface area (Å²) in [5.74, 6) is 0. The van der Waals surface area contributed by atoms with Gasteiger partial charge in [0.2, 0.25) is 0 Å². The van der Waals surface area contributed by atoms with Crippen LogP contribution in [0.4, 0.5) is 0 Å². The molecule has 90 valence electrons. The molecule has 0 aromatic heterocycles. The van der Waals surface area contributed by atoms with E-state index in [1.165, 1.54) is 0 Å². The van der Waals surface area contributed by atoms with Crippen LogP contribution in [0.1, 0.15) is 13.8 Å². The molecule has 0 aliphatic carbocycles. The zero-order valence-corrected chi connectivity index (χ0v) is 11.5. The standard InChI is InChI=1S/C10H18O4Si2/c1-3-15(11,12)9-5-7-10(8-6-9)16(13,14)4-2/h5-8,11-14H,3-4H2,1-2H3. The van der Waals surface area contributed by atoms with Gasteiger partial charge in [-0.15, -0.1) is 0 Å². The minimum Gasteiger partial charge on any atom is -0.407 e. The van der Waals surface area contributed by atoms with Gasteiger partial charge in [-0.25, -0.2) is 0 Å². The van der Waals surface area contributed by atoms with Gasteiger partial charge in [-0.3, -0.25) is 0 Å².